The highest BCUT2D eigenvalue weighted by Crippen LogP contribution is 2.34. The number of nitrogens with zero attached hydrogens (tertiary/aromatic N) is 2. The zero-order valence-corrected chi connectivity index (χ0v) is 11.2. The van der Waals surface area contributed by atoms with Gasteiger partial charge in [-0.3, -0.25) is 4.68 Å². The van der Waals surface area contributed by atoms with E-state index in [4.69, 9.17) is 0 Å². The van der Waals surface area contributed by atoms with Crippen molar-refractivity contribution >= 4 is 11.8 Å². The first-order chi connectivity index (χ1) is 7.69. The van der Waals surface area contributed by atoms with Crippen LogP contribution in [0.15, 0.2) is 11.1 Å². The average molecular weight is 239 g/mol. The lowest BCUT2D eigenvalue weighted by atomic mass is 10.2. The summed E-state index contributed by atoms with van der Waals surface area (Å²) in [5.41, 5.74) is 1.12. The number of rotatable bonds is 4. The van der Waals surface area contributed by atoms with Crippen LogP contribution in [0, 0.1) is 6.92 Å². The molecular weight excluding hydrogens is 218 g/mol. The molecule has 1 fully saturated rings. The number of aromatic nitrogens is 2. The molecule has 4 heteroatoms. The molecule has 1 aliphatic rings. The van der Waals surface area contributed by atoms with Gasteiger partial charge in [-0.1, -0.05) is 6.92 Å². The van der Waals surface area contributed by atoms with Gasteiger partial charge in [-0.15, -0.1) is 11.8 Å². The number of hydrogen-bond donors (Lipinski definition) is 1. The summed E-state index contributed by atoms with van der Waals surface area (Å²) < 4.78 is 2.00. The molecule has 0 aliphatic heterocycles. The highest BCUT2D eigenvalue weighted by Gasteiger charge is 2.25. The maximum atomic E-state index is 4.39. The Labute approximate surface area is 102 Å². The molecule has 0 saturated heterocycles. The zero-order valence-electron chi connectivity index (χ0n) is 10.4. The Kier molecular flexibility index (Phi) is 3.92. The van der Waals surface area contributed by atoms with E-state index < -0.39 is 0 Å². The Morgan fingerprint density at radius 1 is 1.56 bits per heavy atom. The maximum absolute atomic E-state index is 4.39. The van der Waals surface area contributed by atoms with Crippen LogP contribution in [-0.4, -0.2) is 27.6 Å². The molecule has 0 bridgehead atoms. The van der Waals surface area contributed by atoms with Crippen molar-refractivity contribution in [3.63, 3.8) is 0 Å². The van der Waals surface area contributed by atoms with Crippen molar-refractivity contribution in [3.05, 3.63) is 11.8 Å². The molecule has 90 valence electrons. The zero-order chi connectivity index (χ0) is 11.5. The lowest BCUT2D eigenvalue weighted by molar-refractivity contribution is 0.543. The molecule has 1 aliphatic carbocycles. The summed E-state index contributed by atoms with van der Waals surface area (Å²) in [5.74, 6) is 0. The van der Waals surface area contributed by atoms with Crippen molar-refractivity contribution in [3.8, 4) is 0 Å². The number of aryl methyl sites for hydroxylation is 2. The van der Waals surface area contributed by atoms with Crippen LogP contribution in [0.25, 0.3) is 0 Å². The molecule has 0 aromatic carbocycles. The summed E-state index contributed by atoms with van der Waals surface area (Å²) in [6.45, 7) is 5.33. The van der Waals surface area contributed by atoms with Crippen molar-refractivity contribution in [1.82, 2.24) is 15.1 Å². The van der Waals surface area contributed by atoms with Crippen LogP contribution in [0.4, 0.5) is 0 Å². The van der Waals surface area contributed by atoms with Gasteiger partial charge in [0.15, 0.2) is 0 Å². The van der Waals surface area contributed by atoms with Crippen LogP contribution in [0.1, 0.15) is 31.9 Å². The van der Waals surface area contributed by atoms with E-state index in [-0.39, 0.29) is 0 Å². The molecule has 1 N–H and O–H groups in total. The normalized spacial score (nSPS) is 25.2. The predicted molar refractivity (Wildman–Crippen MR) is 68.9 cm³/mol. The number of nitrogens with one attached hydrogen (secondary N) is 1. The topological polar surface area (TPSA) is 29.9 Å². The van der Waals surface area contributed by atoms with Crippen molar-refractivity contribution in [2.75, 3.05) is 6.54 Å². The Hall–Kier alpha value is -0.480. The van der Waals surface area contributed by atoms with Gasteiger partial charge in [-0.2, -0.15) is 5.10 Å². The Balaban J connectivity index is 1.89. The molecule has 2 unspecified atom stereocenters. The van der Waals surface area contributed by atoms with Gasteiger partial charge in [-0.25, -0.2) is 0 Å². The minimum atomic E-state index is 0.733. The Morgan fingerprint density at radius 2 is 2.38 bits per heavy atom. The third kappa shape index (κ3) is 2.80. The Morgan fingerprint density at radius 3 is 3.00 bits per heavy atom. The van der Waals surface area contributed by atoms with Gasteiger partial charge in [0.05, 0.1) is 10.7 Å². The van der Waals surface area contributed by atoms with Crippen molar-refractivity contribution < 1.29 is 0 Å². The molecule has 2 atom stereocenters. The standard InChI is InChI=1S/C12H21N3S/c1-4-13-10-5-6-11(8-10)16-12-7-9(2)14-15(12)3/h7,10-11,13H,4-6,8H2,1-3H3. The molecule has 0 spiro atoms. The van der Waals surface area contributed by atoms with Gasteiger partial charge in [0.25, 0.3) is 0 Å². The van der Waals surface area contributed by atoms with E-state index in [0.29, 0.717) is 0 Å². The highest BCUT2D eigenvalue weighted by molar-refractivity contribution is 7.99. The molecule has 0 radical (unpaired) electrons. The summed E-state index contributed by atoms with van der Waals surface area (Å²) in [6, 6.07) is 2.92. The molecule has 2 rings (SSSR count). The third-order valence-corrected chi connectivity index (χ3v) is 4.51. The summed E-state index contributed by atoms with van der Waals surface area (Å²) >= 11 is 1.99. The fourth-order valence-corrected chi connectivity index (χ4v) is 3.75. The van der Waals surface area contributed by atoms with Crippen LogP contribution < -0.4 is 5.32 Å². The monoisotopic (exact) mass is 239 g/mol. The van der Waals surface area contributed by atoms with Crippen molar-refractivity contribution in [2.24, 2.45) is 7.05 Å². The summed E-state index contributed by atoms with van der Waals surface area (Å²) in [4.78, 5) is 0. The molecule has 16 heavy (non-hydrogen) atoms. The summed E-state index contributed by atoms with van der Waals surface area (Å²) in [7, 11) is 2.03. The van der Waals surface area contributed by atoms with E-state index in [1.54, 1.807) is 0 Å². The lowest BCUT2D eigenvalue weighted by Gasteiger charge is -2.11. The van der Waals surface area contributed by atoms with E-state index in [0.717, 1.165) is 23.5 Å². The third-order valence-electron chi connectivity index (χ3n) is 3.12. The fourth-order valence-electron chi connectivity index (χ4n) is 2.39. The van der Waals surface area contributed by atoms with Crippen LogP contribution in [0.2, 0.25) is 0 Å². The largest absolute Gasteiger partial charge is 0.314 e. The summed E-state index contributed by atoms with van der Waals surface area (Å²) in [6.07, 6.45) is 3.94. The van der Waals surface area contributed by atoms with E-state index in [1.165, 1.54) is 24.3 Å². The van der Waals surface area contributed by atoms with Crippen molar-refractivity contribution in [2.45, 2.75) is 49.4 Å². The van der Waals surface area contributed by atoms with E-state index in [2.05, 4.69) is 30.3 Å². The van der Waals surface area contributed by atoms with Crippen LogP contribution in [0.3, 0.4) is 0 Å². The SMILES string of the molecule is CCNC1CCC(Sc2cc(C)nn2C)C1. The molecule has 3 nitrogen and oxygen atoms in total. The smallest absolute Gasteiger partial charge is 0.0942 e. The second kappa shape index (κ2) is 5.23. The summed E-state index contributed by atoms with van der Waals surface area (Å²) in [5, 5.41) is 10.0. The van der Waals surface area contributed by atoms with E-state index in [1.807, 2.05) is 23.5 Å². The minimum Gasteiger partial charge on any atom is -0.314 e. The van der Waals surface area contributed by atoms with Crippen molar-refractivity contribution in [1.29, 1.82) is 0 Å². The lowest BCUT2D eigenvalue weighted by Crippen LogP contribution is -2.26. The van der Waals surface area contributed by atoms with Gasteiger partial charge < -0.3 is 5.32 Å². The number of hydrogen-bond acceptors (Lipinski definition) is 3. The molecular formula is C12H21N3S. The predicted octanol–water partition coefficient (Wildman–Crippen LogP) is 2.35. The number of thioether (sulfide) groups is 1. The molecule has 1 heterocycles. The Bertz CT molecular complexity index is 348. The maximum Gasteiger partial charge on any atom is 0.0942 e. The minimum absolute atomic E-state index is 0.733. The van der Waals surface area contributed by atoms with E-state index in [9.17, 15) is 0 Å². The average Bonchev–Trinajstić information content (AvgIpc) is 2.76. The van der Waals surface area contributed by atoms with Gasteiger partial charge in [0.1, 0.15) is 0 Å². The van der Waals surface area contributed by atoms with Gasteiger partial charge in [0.2, 0.25) is 0 Å². The fraction of sp³-hybridized carbons (Fsp3) is 0.750. The van der Waals surface area contributed by atoms with Crippen LogP contribution in [0.5, 0.6) is 0 Å². The second-order valence-corrected chi connectivity index (χ2v) is 5.88. The quantitative estimate of drug-likeness (QED) is 0.874. The molecule has 0 amide bonds. The van der Waals surface area contributed by atoms with Gasteiger partial charge in [-0.05, 0) is 38.8 Å². The van der Waals surface area contributed by atoms with Crippen LogP contribution in [-0.2, 0) is 7.05 Å². The molecule has 1 saturated carbocycles. The first-order valence-corrected chi connectivity index (χ1v) is 6.97. The first-order valence-electron chi connectivity index (χ1n) is 6.09. The van der Waals surface area contributed by atoms with Crippen LogP contribution >= 0.6 is 11.8 Å². The second-order valence-electron chi connectivity index (χ2n) is 4.56. The van der Waals surface area contributed by atoms with E-state index >= 15 is 0 Å². The first kappa shape index (κ1) is 12.0. The molecule has 1 aromatic rings. The highest BCUT2D eigenvalue weighted by atomic mass is 32.2. The molecule has 1 aromatic heterocycles. The van der Waals surface area contributed by atoms with Gasteiger partial charge in [0, 0.05) is 18.3 Å². The van der Waals surface area contributed by atoms with Gasteiger partial charge >= 0.3 is 0 Å².